The minimum Gasteiger partial charge on any atom is -0.384 e. The second-order valence-corrected chi connectivity index (χ2v) is 6.02. The summed E-state index contributed by atoms with van der Waals surface area (Å²) in [5, 5.41) is 3.02. The van der Waals surface area contributed by atoms with E-state index in [1.165, 1.54) is 25.7 Å². The van der Waals surface area contributed by atoms with Crippen LogP contribution in [0.1, 0.15) is 36.0 Å². The fourth-order valence-corrected chi connectivity index (χ4v) is 3.32. The van der Waals surface area contributed by atoms with E-state index in [-0.39, 0.29) is 10.7 Å². The van der Waals surface area contributed by atoms with E-state index in [0.717, 1.165) is 6.54 Å². The molecule has 1 aliphatic carbocycles. The zero-order chi connectivity index (χ0) is 13.0. The number of nitrogens with one attached hydrogen (secondary N) is 1. The average Bonchev–Trinajstić information content (AvgIpc) is 2.85. The molecule has 18 heavy (non-hydrogen) atoms. The van der Waals surface area contributed by atoms with Crippen molar-refractivity contribution >= 4 is 23.5 Å². The number of carbonyl (C=O) groups excluding carboxylic acids is 1. The van der Waals surface area contributed by atoms with Gasteiger partial charge in [0.2, 0.25) is 0 Å². The number of nitrogen functional groups attached to an aromatic ring is 1. The van der Waals surface area contributed by atoms with Gasteiger partial charge in [-0.05, 0) is 31.2 Å². The Balaban J connectivity index is 1.96. The summed E-state index contributed by atoms with van der Waals surface area (Å²) in [7, 11) is 0. The van der Waals surface area contributed by atoms with E-state index in [1.807, 2.05) is 11.8 Å². The predicted molar refractivity (Wildman–Crippen MR) is 75.7 cm³/mol. The van der Waals surface area contributed by atoms with Crippen LogP contribution < -0.4 is 11.1 Å². The molecule has 1 aromatic heterocycles. The minimum atomic E-state index is -0.0653. The largest absolute Gasteiger partial charge is 0.384 e. The maximum atomic E-state index is 12.0. The van der Waals surface area contributed by atoms with Crippen LogP contribution in [0.3, 0.4) is 0 Å². The molecule has 1 heterocycles. The van der Waals surface area contributed by atoms with Crippen LogP contribution in [0, 0.1) is 0 Å². The lowest BCUT2D eigenvalue weighted by molar-refractivity contribution is 0.0949. The molecule has 0 unspecified atom stereocenters. The number of thioether (sulfide) groups is 1. The lowest BCUT2D eigenvalue weighted by atomic mass is 10.1. The van der Waals surface area contributed by atoms with Gasteiger partial charge in [0, 0.05) is 23.1 Å². The van der Waals surface area contributed by atoms with Crippen molar-refractivity contribution < 1.29 is 4.79 Å². The van der Waals surface area contributed by atoms with Crippen LogP contribution in [0.15, 0.2) is 18.3 Å². The Hall–Kier alpha value is -1.23. The van der Waals surface area contributed by atoms with E-state index in [2.05, 4.69) is 16.6 Å². The van der Waals surface area contributed by atoms with Crippen LogP contribution in [-0.4, -0.2) is 28.4 Å². The SMILES string of the molecule is CSC1(CNC(=O)c2ccnc(N)c2)CCCC1. The lowest BCUT2D eigenvalue weighted by Gasteiger charge is -2.26. The van der Waals surface area contributed by atoms with Crippen molar-refractivity contribution in [1.82, 2.24) is 10.3 Å². The number of nitrogens with two attached hydrogens (primary N) is 1. The first-order valence-corrected chi connectivity index (χ1v) is 7.43. The van der Waals surface area contributed by atoms with Crippen LogP contribution in [0.4, 0.5) is 5.82 Å². The third-order valence-corrected chi connectivity index (χ3v) is 4.98. The van der Waals surface area contributed by atoms with Crippen LogP contribution in [0.2, 0.25) is 0 Å². The predicted octanol–water partition coefficient (Wildman–Crippen LogP) is 2.07. The first kappa shape index (κ1) is 13.2. The summed E-state index contributed by atoms with van der Waals surface area (Å²) in [4.78, 5) is 15.9. The standard InChI is InChI=1S/C13H19N3OS/c1-18-13(5-2-3-6-13)9-16-12(17)10-4-7-15-11(14)8-10/h4,7-8H,2-3,5-6,9H2,1H3,(H2,14,15)(H,16,17). The van der Waals surface area contributed by atoms with Gasteiger partial charge in [0.15, 0.2) is 0 Å². The van der Waals surface area contributed by atoms with Gasteiger partial charge in [-0.1, -0.05) is 12.8 Å². The summed E-state index contributed by atoms with van der Waals surface area (Å²) in [6.07, 6.45) is 8.59. The first-order valence-electron chi connectivity index (χ1n) is 6.20. The van der Waals surface area contributed by atoms with Gasteiger partial charge < -0.3 is 11.1 Å². The third kappa shape index (κ3) is 2.96. The second kappa shape index (κ2) is 5.61. The van der Waals surface area contributed by atoms with Gasteiger partial charge in [0.1, 0.15) is 5.82 Å². The fourth-order valence-electron chi connectivity index (χ4n) is 2.41. The molecular formula is C13H19N3OS. The molecule has 3 N–H and O–H groups in total. The number of hydrogen-bond donors (Lipinski definition) is 2. The summed E-state index contributed by atoms with van der Waals surface area (Å²) >= 11 is 1.87. The number of aromatic nitrogens is 1. The number of pyridine rings is 1. The maximum absolute atomic E-state index is 12.0. The number of amides is 1. The first-order chi connectivity index (χ1) is 8.65. The van der Waals surface area contributed by atoms with Crippen LogP contribution >= 0.6 is 11.8 Å². The van der Waals surface area contributed by atoms with E-state index < -0.39 is 0 Å². The van der Waals surface area contributed by atoms with Gasteiger partial charge in [0.25, 0.3) is 5.91 Å². The summed E-state index contributed by atoms with van der Waals surface area (Å²) in [5.74, 6) is 0.313. The highest BCUT2D eigenvalue weighted by atomic mass is 32.2. The number of anilines is 1. The molecule has 0 atom stereocenters. The topological polar surface area (TPSA) is 68.0 Å². The Kier molecular flexibility index (Phi) is 4.11. The van der Waals surface area contributed by atoms with E-state index in [0.29, 0.717) is 11.4 Å². The molecule has 1 aromatic rings. The van der Waals surface area contributed by atoms with E-state index >= 15 is 0 Å². The summed E-state index contributed by atoms with van der Waals surface area (Å²) < 4.78 is 0.230. The zero-order valence-electron chi connectivity index (χ0n) is 10.6. The number of carbonyl (C=O) groups is 1. The molecule has 0 aliphatic heterocycles. The van der Waals surface area contributed by atoms with E-state index in [4.69, 9.17) is 5.73 Å². The molecule has 4 nitrogen and oxygen atoms in total. The van der Waals surface area contributed by atoms with Gasteiger partial charge >= 0.3 is 0 Å². The smallest absolute Gasteiger partial charge is 0.251 e. The second-order valence-electron chi connectivity index (χ2n) is 4.75. The Morgan fingerprint density at radius 2 is 2.28 bits per heavy atom. The molecule has 1 saturated carbocycles. The number of nitrogens with zero attached hydrogens (tertiary/aromatic N) is 1. The Bertz CT molecular complexity index is 430. The lowest BCUT2D eigenvalue weighted by Crippen LogP contribution is -2.38. The molecule has 5 heteroatoms. The van der Waals surface area contributed by atoms with Crippen LogP contribution in [0.5, 0.6) is 0 Å². The molecule has 0 spiro atoms. The molecule has 0 saturated heterocycles. The van der Waals surface area contributed by atoms with Crippen molar-refractivity contribution in [2.45, 2.75) is 30.4 Å². The molecule has 1 fully saturated rings. The summed E-state index contributed by atoms with van der Waals surface area (Å²) in [6, 6.07) is 3.29. The maximum Gasteiger partial charge on any atom is 0.251 e. The van der Waals surface area contributed by atoms with E-state index in [1.54, 1.807) is 18.3 Å². The minimum absolute atomic E-state index is 0.0653. The zero-order valence-corrected chi connectivity index (χ0v) is 11.4. The van der Waals surface area contributed by atoms with Crippen molar-refractivity contribution in [3.63, 3.8) is 0 Å². The highest BCUT2D eigenvalue weighted by Gasteiger charge is 2.33. The van der Waals surface area contributed by atoms with Crippen LogP contribution in [-0.2, 0) is 0 Å². The molecule has 1 aliphatic rings. The monoisotopic (exact) mass is 265 g/mol. The Morgan fingerprint density at radius 3 is 2.89 bits per heavy atom. The average molecular weight is 265 g/mol. The Morgan fingerprint density at radius 1 is 1.56 bits per heavy atom. The third-order valence-electron chi connectivity index (χ3n) is 3.56. The Labute approximate surface area is 112 Å². The summed E-state index contributed by atoms with van der Waals surface area (Å²) in [5.41, 5.74) is 6.15. The van der Waals surface area contributed by atoms with E-state index in [9.17, 15) is 4.79 Å². The molecule has 0 aromatic carbocycles. The molecule has 0 radical (unpaired) electrons. The van der Waals surface area contributed by atoms with Crippen molar-refractivity contribution in [3.8, 4) is 0 Å². The normalized spacial score (nSPS) is 17.6. The van der Waals surface area contributed by atoms with Crippen molar-refractivity contribution in [2.24, 2.45) is 0 Å². The number of hydrogen-bond acceptors (Lipinski definition) is 4. The van der Waals surface area contributed by atoms with Gasteiger partial charge in [-0.15, -0.1) is 0 Å². The molecule has 0 bridgehead atoms. The fraction of sp³-hybridized carbons (Fsp3) is 0.538. The van der Waals surface area contributed by atoms with Gasteiger partial charge in [-0.2, -0.15) is 11.8 Å². The molecule has 1 amide bonds. The molecule has 2 rings (SSSR count). The number of rotatable bonds is 4. The molecular weight excluding hydrogens is 246 g/mol. The van der Waals surface area contributed by atoms with Crippen molar-refractivity contribution in [3.05, 3.63) is 23.9 Å². The molecule has 98 valence electrons. The van der Waals surface area contributed by atoms with Gasteiger partial charge in [-0.3, -0.25) is 4.79 Å². The summed E-state index contributed by atoms with van der Waals surface area (Å²) in [6.45, 7) is 0.731. The van der Waals surface area contributed by atoms with Crippen molar-refractivity contribution in [1.29, 1.82) is 0 Å². The quantitative estimate of drug-likeness (QED) is 0.874. The van der Waals surface area contributed by atoms with Gasteiger partial charge in [0.05, 0.1) is 0 Å². The van der Waals surface area contributed by atoms with Crippen LogP contribution in [0.25, 0.3) is 0 Å². The van der Waals surface area contributed by atoms with Gasteiger partial charge in [-0.25, -0.2) is 4.98 Å². The van der Waals surface area contributed by atoms with Crippen molar-refractivity contribution in [2.75, 3.05) is 18.5 Å². The highest BCUT2D eigenvalue weighted by Crippen LogP contribution is 2.39. The highest BCUT2D eigenvalue weighted by molar-refractivity contribution is 8.00.